The van der Waals surface area contributed by atoms with Crippen molar-refractivity contribution in [3.8, 4) is 0 Å². The van der Waals surface area contributed by atoms with Crippen molar-refractivity contribution >= 4 is 11.6 Å². The molecule has 0 spiro atoms. The zero-order chi connectivity index (χ0) is 13.9. The fourth-order valence-corrected chi connectivity index (χ4v) is 2.47. The molecule has 0 saturated heterocycles. The van der Waals surface area contributed by atoms with E-state index in [4.69, 9.17) is 0 Å². The molecule has 0 bridgehead atoms. The van der Waals surface area contributed by atoms with Crippen LogP contribution in [0.3, 0.4) is 0 Å². The average Bonchev–Trinajstić information content (AvgIpc) is 3.27. The first-order chi connectivity index (χ1) is 9.80. The van der Waals surface area contributed by atoms with Crippen molar-refractivity contribution in [2.24, 2.45) is 0 Å². The lowest BCUT2D eigenvalue weighted by Gasteiger charge is -2.09. The second kappa shape index (κ2) is 5.49. The minimum Gasteiger partial charge on any atom is -0.373 e. The van der Waals surface area contributed by atoms with Crippen molar-refractivity contribution in [2.45, 2.75) is 31.7 Å². The number of hydrogen-bond acceptors (Lipinski definition) is 4. The van der Waals surface area contributed by atoms with E-state index in [1.165, 1.54) is 12.0 Å². The first-order valence-corrected chi connectivity index (χ1v) is 7.17. The van der Waals surface area contributed by atoms with Gasteiger partial charge in [0.1, 0.15) is 17.5 Å². The van der Waals surface area contributed by atoms with E-state index in [-0.39, 0.29) is 0 Å². The van der Waals surface area contributed by atoms with Crippen LogP contribution in [0, 0.1) is 0 Å². The zero-order valence-corrected chi connectivity index (χ0v) is 11.9. The molecule has 20 heavy (non-hydrogen) atoms. The smallest absolute Gasteiger partial charge is 0.132 e. The Labute approximate surface area is 119 Å². The van der Waals surface area contributed by atoms with Crippen LogP contribution in [0.15, 0.2) is 36.4 Å². The average molecular weight is 268 g/mol. The molecule has 3 rings (SSSR count). The van der Waals surface area contributed by atoms with Crippen LogP contribution < -0.4 is 10.6 Å². The van der Waals surface area contributed by atoms with Gasteiger partial charge < -0.3 is 10.6 Å². The summed E-state index contributed by atoms with van der Waals surface area (Å²) in [7, 11) is 1.88. The van der Waals surface area contributed by atoms with Gasteiger partial charge in [-0.3, -0.25) is 0 Å². The number of hydrogen-bond donors (Lipinski definition) is 2. The number of nitrogens with zero attached hydrogens (tertiary/aromatic N) is 2. The number of aryl methyl sites for hydroxylation is 1. The maximum atomic E-state index is 4.55. The van der Waals surface area contributed by atoms with Crippen molar-refractivity contribution in [1.29, 1.82) is 0 Å². The molecular weight excluding hydrogens is 248 g/mol. The van der Waals surface area contributed by atoms with E-state index >= 15 is 0 Å². The molecule has 4 nitrogen and oxygen atoms in total. The molecule has 1 fully saturated rings. The lowest BCUT2D eigenvalue weighted by atomic mass is 10.1. The van der Waals surface area contributed by atoms with Crippen LogP contribution in [0.4, 0.5) is 11.6 Å². The van der Waals surface area contributed by atoms with Crippen LogP contribution >= 0.6 is 0 Å². The highest BCUT2D eigenvalue weighted by atomic mass is 15.1. The normalized spacial score (nSPS) is 20.5. The van der Waals surface area contributed by atoms with Gasteiger partial charge in [0.05, 0.1) is 0 Å². The second-order valence-electron chi connectivity index (χ2n) is 5.16. The van der Waals surface area contributed by atoms with Gasteiger partial charge in [0.15, 0.2) is 0 Å². The molecule has 2 aromatic rings. The van der Waals surface area contributed by atoms with Crippen molar-refractivity contribution in [3.63, 3.8) is 0 Å². The van der Waals surface area contributed by atoms with Gasteiger partial charge in [0, 0.05) is 31.5 Å². The molecule has 0 aliphatic heterocycles. The third-order valence-corrected chi connectivity index (χ3v) is 3.70. The predicted octanol–water partition coefficient (Wildman–Crippen LogP) is 3.05. The third-order valence-electron chi connectivity index (χ3n) is 3.70. The van der Waals surface area contributed by atoms with Crippen LogP contribution in [-0.2, 0) is 6.42 Å². The largest absolute Gasteiger partial charge is 0.373 e. The van der Waals surface area contributed by atoms with Gasteiger partial charge in [0.25, 0.3) is 0 Å². The lowest BCUT2D eigenvalue weighted by molar-refractivity contribution is 0.929. The van der Waals surface area contributed by atoms with Gasteiger partial charge in [-0.2, -0.15) is 0 Å². The van der Waals surface area contributed by atoms with Crippen molar-refractivity contribution in [3.05, 3.63) is 47.8 Å². The number of rotatable bonds is 5. The summed E-state index contributed by atoms with van der Waals surface area (Å²) in [4.78, 5) is 8.96. The summed E-state index contributed by atoms with van der Waals surface area (Å²) in [6, 6.07) is 13.1. The Hall–Kier alpha value is -2.10. The zero-order valence-electron chi connectivity index (χ0n) is 11.9. The minimum atomic E-state index is 0.488. The third kappa shape index (κ3) is 2.74. The second-order valence-corrected chi connectivity index (χ2v) is 5.16. The quantitative estimate of drug-likeness (QED) is 0.875. The van der Waals surface area contributed by atoms with Crippen LogP contribution in [0.5, 0.6) is 0 Å². The molecule has 0 amide bonds. The Kier molecular flexibility index (Phi) is 3.54. The highest BCUT2D eigenvalue weighted by Crippen LogP contribution is 2.42. The molecule has 1 aromatic carbocycles. The number of aromatic nitrogens is 2. The van der Waals surface area contributed by atoms with E-state index in [1.807, 2.05) is 13.1 Å². The molecule has 1 aliphatic rings. The molecule has 1 saturated carbocycles. The van der Waals surface area contributed by atoms with Crippen molar-refractivity contribution in [1.82, 2.24) is 9.97 Å². The van der Waals surface area contributed by atoms with Gasteiger partial charge >= 0.3 is 0 Å². The van der Waals surface area contributed by atoms with Gasteiger partial charge in [-0.1, -0.05) is 37.3 Å². The van der Waals surface area contributed by atoms with E-state index in [0.29, 0.717) is 12.0 Å². The molecule has 1 heterocycles. The summed E-state index contributed by atoms with van der Waals surface area (Å²) in [5, 5.41) is 6.61. The fourth-order valence-electron chi connectivity index (χ4n) is 2.47. The van der Waals surface area contributed by atoms with Gasteiger partial charge in [-0.25, -0.2) is 9.97 Å². The van der Waals surface area contributed by atoms with Gasteiger partial charge in [-0.05, 0) is 12.0 Å². The minimum absolute atomic E-state index is 0.488. The fraction of sp³-hybridized carbons (Fsp3) is 0.375. The monoisotopic (exact) mass is 268 g/mol. The van der Waals surface area contributed by atoms with Crippen LogP contribution in [0.2, 0.25) is 0 Å². The molecular formula is C16H20N4. The van der Waals surface area contributed by atoms with E-state index < -0.39 is 0 Å². The Bertz CT molecular complexity index is 560. The molecule has 2 N–H and O–H groups in total. The molecule has 2 atom stereocenters. The number of nitrogens with one attached hydrogen (secondary N) is 2. The summed E-state index contributed by atoms with van der Waals surface area (Å²) in [5.41, 5.74) is 1.41. The Morgan fingerprint density at radius 1 is 1.15 bits per heavy atom. The predicted molar refractivity (Wildman–Crippen MR) is 82.2 cm³/mol. The van der Waals surface area contributed by atoms with Crippen LogP contribution in [0.25, 0.3) is 0 Å². The summed E-state index contributed by atoms with van der Waals surface area (Å²) in [6.07, 6.45) is 2.02. The molecule has 0 radical (unpaired) electrons. The first kappa shape index (κ1) is 12.9. The van der Waals surface area contributed by atoms with E-state index in [1.54, 1.807) is 0 Å². The molecule has 4 heteroatoms. The Balaban J connectivity index is 1.70. The van der Waals surface area contributed by atoms with Crippen molar-refractivity contribution < 1.29 is 0 Å². The van der Waals surface area contributed by atoms with E-state index in [0.717, 1.165) is 23.9 Å². The van der Waals surface area contributed by atoms with E-state index in [2.05, 4.69) is 57.9 Å². The van der Waals surface area contributed by atoms with Gasteiger partial charge in [-0.15, -0.1) is 0 Å². The SMILES string of the molecule is CCc1nc(NC)cc(NC2CC2c2ccccc2)n1. The molecule has 1 aromatic heterocycles. The molecule has 1 aliphatic carbocycles. The summed E-state index contributed by atoms with van der Waals surface area (Å²) in [5.74, 6) is 3.27. The maximum absolute atomic E-state index is 4.55. The topological polar surface area (TPSA) is 49.8 Å². The summed E-state index contributed by atoms with van der Waals surface area (Å²) >= 11 is 0. The Morgan fingerprint density at radius 3 is 2.60 bits per heavy atom. The highest BCUT2D eigenvalue weighted by molar-refractivity contribution is 5.49. The van der Waals surface area contributed by atoms with Crippen LogP contribution in [0.1, 0.15) is 30.7 Å². The first-order valence-electron chi connectivity index (χ1n) is 7.17. The summed E-state index contributed by atoms with van der Waals surface area (Å²) in [6.45, 7) is 2.07. The summed E-state index contributed by atoms with van der Waals surface area (Å²) < 4.78 is 0. The maximum Gasteiger partial charge on any atom is 0.132 e. The number of anilines is 2. The molecule has 2 unspecified atom stereocenters. The highest BCUT2D eigenvalue weighted by Gasteiger charge is 2.38. The number of benzene rings is 1. The van der Waals surface area contributed by atoms with E-state index in [9.17, 15) is 0 Å². The Morgan fingerprint density at radius 2 is 1.90 bits per heavy atom. The van der Waals surface area contributed by atoms with Gasteiger partial charge in [0.2, 0.25) is 0 Å². The lowest BCUT2D eigenvalue weighted by Crippen LogP contribution is -2.09. The standard InChI is InChI=1S/C16H20N4/c1-3-14-19-15(17-2)10-16(20-14)18-13-9-12(13)11-7-5-4-6-8-11/h4-8,10,12-13H,3,9H2,1-2H3,(H2,17,18,19,20). The van der Waals surface area contributed by atoms with Crippen molar-refractivity contribution in [2.75, 3.05) is 17.7 Å². The molecule has 104 valence electrons. The van der Waals surface area contributed by atoms with Crippen LogP contribution in [-0.4, -0.2) is 23.1 Å².